The zero-order chi connectivity index (χ0) is 11.1. The second kappa shape index (κ2) is 3.56. The van der Waals surface area contributed by atoms with Crippen LogP contribution >= 0.6 is 11.8 Å². The van der Waals surface area contributed by atoms with Crippen LogP contribution in [0.5, 0.6) is 0 Å². The summed E-state index contributed by atoms with van der Waals surface area (Å²) in [6.07, 6.45) is 0. The molecule has 16 heavy (non-hydrogen) atoms. The van der Waals surface area contributed by atoms with Gasteiger partial charge in [0.1, 0.15) is 5.82 Å². The quantitative estimate of drug-likeness (QED) is 0.820. The Labute approximate surface area is 98.6 Å². The molecule has 2 aromatic rings. The van der Waals surface area contributed by atoms with Crippen molar-refractivity contribution in [3.8, 4) is 5.69 Å². The number of thioether (sulfide) groups is 1. The maximum absolute atomic E-state index is 6.14. The summed E-state index contributed by atoms with van der Waals surface area (Å²) in [6.45, 7) is 2.08. The fourth-order valence-electron chi connectivity index (χ4n) is 2.02. The van der Waals surface area contributed by atoms with Crippen molar-refractivity contribution < 1.29 is 0 Å². The molecular formula is C12H13N3S. The second-order valence-corrected chi connectivity index (χ2v) is 4.99. The van der Waals surface area contributed by atoms with E-state index >= 15 is 0 Å². The molecule has 4 heteroatoms. The van der Waals surface area contributed by atoms with Gasteiger partial charge in [0.25, 0.3) is 0 Å². The predicted octanol–water partition coefficient (Wildman–Crippen LogP) is 2.51. The van der Waals surface area contributed by atoms with E-state index in [1.807, 2.05) is 28.6 Å². The van der Waals surface area contributed by atoms with E-state index in [1.54, 1.807) is 0 Å². The number of nitrogen functional groups attached to an aromatic ring is 1. The zero-order valence-electron chi connectivity index (χ0n) is 9.10. The van der Waals surface area contributed by atoms with Crippen molar-refractivity contribution in [3.05, 3.63) is 41.1 Å². The molecule has 1 aromatic carbocycles. The Morgan fingerprint density at radius 3 is 2.88 bits per heavy atom. The Morgan fingerprint density at radius 1 is 1.31 bits per heavy atom. The summed E-state index contributed by atoms with van der Waals surface area (Å²) in [6, 6.07) is 8.18. The third-order valence-corrected chi connectivity index (χ3v) is 3.91. The molecule has 0 aliphatic carbocycles. The van der Waals surface area contributed by atoms with E-state index in [0.29, 0.717) is 0 Å². The molecule has 2 N–H and O–H groups in total. The Balaban J connectivity index is 2.18. The van der Waals surface area contributed by atoms with Gasteiger partial charge in [-0.15, -0.1) is 0 Å². The van der Waals surface area contributed by atoms with Crippen LogP contribution in [-0.2, 0) is 11.5 Å². The molecule has 0 fully saturated rings. The van der Waals surface area contributed by atoms with Gasteiger partial charge >= 0.3 is 0 Å². The molecule has 82 valence electrons. The first-order valence-corrected chi connectivity index (χ1v) is 6.43. The molecule has 0 saturated heterocycles. The van der Waals surface area contributed by atoms with Crippen molar-refractivity contribution in [2.75, 3.05) is 5.73 Å². The Morgan fingerprint density at radius 2 is 2.12 bits per heavy atom. The van der Waals surface area contributed by atoms with Crippen LogP contribution in [0.3, 0.4) is 0 Å². The smallest absolute Gasteiger partial charge is 0.131 e. The van der Waals surface area contributed by atoms with E-state index in [9.17, 15) is 0 Å². The van der Waals surface area contributed by atoms with Crippen LogP contribution in [0.15, 0.2) is 24.3 Å². The van der Waals surface area contributed by atoms with Crippen molar-refractivity contribution >= 4 is 17.6 Å². The largest absolute Gasteiger partial charge is 0.383 e. The number of hydrogen-bond acceptors (Lipinski definition) is 3. The molecule has 0 amide bonds. The van der Waals surface area contributed by atoms with Gasteiger partial charge in [0.2, 0.25) is 0 Å². The summed E-state index contributed by atoms with van der Waals surface area (Å²) in [5.41, 5.74) is 10.8. The van der Waals surface area contributed by atoms with Crippen LogP contribution in [-0.4, -0.2) is 9.78 Å². The fourth-order valence-corrected chi connectivity index (χ4v) is 3.06. The number of nitrogens with zero attached hydrogens (tertiary/aromatic N) is 2. The van der Waals surface area contributed by atoms with Gasteiger partial charge in [-0.25, -0.2) is 4.68 Å². The highest BCUT2D eigenvalue weighted by atomic mass is 32.2. The van der Waals surface area contributed by atoms with Crippen LogP contribution in [0.2, 0.25) is 0 Å². The van der Waals surface area contributed by atoms with Gasteiger partial charge in [0.15, 0.2) is 0 Å². The molecule has 1 aromatic heterocycles. The number of aryl methyl sites for hydroxylation is 1. The molecule has 0 radical (unpaired) electrons. The predicted molar refractivity (Wildman–Crippen MR) is 67.7 cm³/mol. The van der Waals surface area contributed by atoms with Gasteiger partial charge in [0.05, 0.1) is 11.4 Å². The van der Waals surface area contributed by atoms with E-state index < -0.39 is 0 Å². The number of fused-ring (bicyclic) bond motifs is 1. The minimum absolute atomic E-state index is 0.800. The standard InChI is InChI=1S/C12H13N3S/c1-8-4-2-3-5-11(8)15-12(13)9-6-16-7-10(9)14-15/h2-5H,6-7,13H2,1H3. The topological polar surface area (TPSA) is 43.8 Å². The van der Waals surface area contributed by atoms with Gasteiger partial charge in [-0.3, -0.25) is 0 Å². The molecule has 0 saturated carbocycles. The molecule has 0 atom stereocenters. The first-order chi connectivity index (χ1) is 7.77. The minimum atomic E-state index is 0.800. The van der Waals surface area contributed by atoms with Gasteiger partial charge in [-0.2, -0.15) is 16.9 Å². The minimum Gasteiger partial charge on any atom is -0.383 e. The molecule has 0 bridgehead atoms. The molecule has 3 nitrogen and oxygen atoms in total. The van der Waals surface area contributed by atoms with Crippen molar-refractivity contribution in [3.63, 3.8) is 0 Å². The highest BCUT2D eigenvalue weighted by Gasteiger charge is 2.21. The number of rotatable bonds is 1. The number of anilines is 1. The summed E-state index contributed by atoms with van der Waals surface area (Å²) in [7, 11) is 0. The molecule has 0 unspecified atom stereocenters. The maximum Gasteiger partial charge on any atom is 0.131 e. The molecular weight excluding hydrogens is 218 g/mol. The zero-order valence-corrected chi connectivity index (χ0v) is 9.92. The van der Waals surface area contributed by atoms with Crippen molar-refractivity contribution in [2.24, 2.45) is 0 Å². The van der Waals surface area contributed by atoms with E-state index in [4.69, 9.17) is 5.73 Å². The number of aromatic nitrogens is 2. The van der Waals surface area contributed by atoms with Crippen molar-refractivity contribution in [1.29, 1.82) is 0 Å². The Kier molecular flexibility index (Phi) is 2.17. The van der Waals surface area contributed by atoms with Crippen LogP contribution in [0.25, 0.3) is 5.69 Å². The number of nitrogens with two attached hydrogens (primary N) is 1. The first kappa shape index (κ1) is 9.78. The third kappa shape index (κ3) is 1.33. The van der Waals surface area contributed by atoms with Crippen LogP contribution in [0.1, 0.15) is 16.8 Å². The van der Waals surface area contributed by atoms with Crippen molar-refractivity contribution in [1.82, 2.24) is 9.78 Å². The van der Waals surface area contributed by atoms with E-state index in [1.165, 1.54) is 11.1 Å². The van der Waals surface area contributed by atoms with Gasteiger partial charge in [0, 0.05) is 17.1 Å². The third-order valence-electron chi connectivity index (χ3n) is 2.94. The lowest BCUT2D eigenvalue weighted by molar-refractivity contribution is 0.862. The van der Waals surface area contributed by atoms with Gasteiger partial charge in [-0.05, 0) is 18.6 Å². The Bertz CT molecular complexity index is 545. The molecule has 0 spiro atoms. The van der Waals surface area contributed by atoms with Gasteiger partial charge in [-0.1, -0.05) is 18.2 Å². The van der Waals surface area contributed by atoms with E-state index in [-0.39, 0.29) is 0 Å². The highest BCUT2D eigenvalue weighted by molar-refractivity contribution is 7.98. The van der Waals surface area contributed by atoms with Crippen molar-refractivity contribution in [2.45, 2.75) is 18.4 Å². The average Bonchev–Trinajstić information content (AvgIpc) is 2.83. The van der Waals surface area contributed by atoms with E-state index in [2.05, 4.69) is 24.2 Å². The van der Waals surface area contributed by atoms with Crippen LogP contribution < -0.4 is 5.73 Å². The first-order valence-electron chi connectivity index (χ1n) is 5.27. The fraction of sp³-hybridized carbons (Fsp3) is 0.250. The van der Waals surface area contributed by atoms with Crippen LogP contribution in [0, 0.1) is 6.92 Å². The molecule has 1 aliphatic heterocycles. The van der Waals surface area contributed by atoms with Crippen LogP contribution in [0.4, 0.5) is 5.82 Å². The lowest BCUT2D eigenvalue weighted by atomic mass is 10.2. The van der Waals surface area contributed by atoms with E-state index in [0.717, 1.165) is 28.7 Å². The lowest BCUT2D eigenvalue weighted by Gasteiger charge is -2.08. The number of hydrogen-bond donors (Lipinski definition) is 1. The van der Waals surface area contributed by atoms with Gasteiger partial charge < -0.3 is 5.73 Å². The summed E-state index contributed by atoms with van der Waals surface area (Å²) in [5.74, 6) is 2.78. The molecule has 3 rings (SSSR count). The summed E-state index contributed by atoms with van der Waals surface area (Å²) >= 11 is 1.88. The Hall–Kier alpha value is -1.42. The summed E-state index contributed by atoms with van der Waals surface area (Å²) < 4.78 is 1.87. The highest BCUT2D eigenvalue weighted by Crippen LogP contribution is 2.34. The SMILES string of the molecule is Cc1ccccc1-n1nc2c(c1N)CSC2. The number of benzene rings is 1. The summed E-state index contributed by atoms with van der Waals surface area (Å²) in [4.78, 5) is 0. The normalized spacial score (nSPS) is 14.1. The molecule has 2 heterocycles. The maximum atomic E-state index is 6.14. The number of para-hydroxylation sites is 1. The average molecular weight is 231 g/mol. The monoisotopic (exact) mass is 231 g/mol. The lowest BCUT2D eigenvalue weighted by Crippen LogP contribution is -2.04. The second-order valence-electron chi connectivity index (χ2n) is 4.00. The molecule has 1 aliphatic rings. The summed E-state index contributed by atoms with van der Waals surface area (Å²) in [5, 5.41) is 4.59.